The van der Waals surface area contributed by atoms with Crippen LogP contribution in [0.3, 0.4) is 0 Å². The number of fused-ring (bicyclic) bond motifs is 1. The topological polar surface area (TPSA) is 30.9 Å². The van der Waals surface area contributed by atoms with Crippen molar-refractivity contribution >= 4 is 10.9 Å². The van der Waals surface area contributed by atoms with E-state index >= 15 is 0 Å². The quantitative estimate of drug-likeness (QED) is 0.842. The first kappa shape index (κ1) is 10.8. The van der Waals surface area contributed by atoms with Gasteiger partial charge >= 0.3 is 0 Å². The monoisotopic (exact) mass is 228 g/mol. The van der Waals surface area contributed by atoms with Crippen molar-refractivity contribution in [2.24, 2.45) is 12.8 Å². The maximum atomic E-state index is 6.22. The number of benzene rings is 1. The van der Waals surface area contributed by atoms with Gasteiger partial charge in [-0.05, 0) is 38.3 Å². The van der Waals surface area contributed by atoms with Crippen LogP contribution in [0.5, 0.6) is 0 Å². The average Bonchev–Trinajstić information content (AvgIpc) is 3.06. The highest BCUT2D eigenvalue weighted by molar-refractivity contribution is 5.87. The molecule has 1 heterocycles. The summed E-state index contributed by atoms with van der Waals surface area (Å²) >= 11 is 0. The number of para-hydroxylation sites is 1. The first-order valence-corrected chi connectivity index (χ1v) is 6.38. The van der Waals surface area contributed by atoms with Crippen molar-refractivity contribution in [2.45, 2.75) is 38.1 Å². The van der Waals surface area contributed by atoms with E-state index in [-0.39, 0.29) is 11.5 Å². The first-order chi connectivity index (χ1) is 8.08. The van der Waals surface area contributed by atoms with Gasteiger partial charge in [-0.1, -0.05) is 18.2 Å². The molecule has 0 saturated heterocycles. The lowest BCUT2D eigenvalue weighted by Crippen LogP contribution is -2.32. The molecule has 2 aromatic rings. The number of aromatic nitrogens is 1. The lowest BCUT2D eigenvalue weighted by Gasteiger charge is -2.20. The summed E-state index contributed by atoms with van der Waals surface area (Å²) in [7, 11) is 2.15. The van der Waals surface area contributed by atoms with Crippen LogP contribution in [0.25, 0.3) is 10.9 Å². The average molecular weight is 228 g/mol. The highest BCUT2D eigenvalue weighted by atomic mass is 15.0. The minimum atomic E-state index is 0.241. The van der Waals surface area contributed by atoms with E-state index in [4.69, 9.17) is 5.73 Å². The van der Waals surface area contributed by atoms with Crippen molar-refractivity contribution in [3.05, 3.63) is 35.5 Å². The van der Waals surface area contributed by atoms with E-state index in [0.29, 0.717) is 0 Å². The highest BCUT2D eigenvalue weighted by Gasteiger charge is 2.49. The molecule has 1 fully saturated rings. The van der Waals surface area contributed by atoms with Gasteiger partial charge < -0.3 is 10.3 Å². The van der Waals surface area contributed by atoms with Crippen molar-refractivity contribution in [2.75, 3.05) is 0 Å². The molecule has 1 aromatic carbocycles. The van der Waals surface area contributed by atoms with E-state index in [0.717, 1.165) is 0 Å². The smallest absolute Gasteiger partial charge is 0.0482 e. The van der Waals surface area contributed by atoms with Gasteiger partial charge in [-0.2, -0.15) is 0 Å². The number of nitrogens with two attached hydrogens (primary N) is 1. The van der Waals surface area contributed by atoms with Gasteiger partial charge in [-0.15, -0.1) is 0 Å². The standard InChI is InChI=1S/C15H20N2/c1-10-14(15(8-9-15)11(2)16)12-6-4-5-7-13(12)17(10)3/h4-7,11H,8-9,16H2,1-3H3. The summed E-state index contributed by atoms with van der Waals surface area (Å²) in [4.78, 5) is 0. The highest BCUT2D eigenvalue weighted by Crippen LogP contribution is 2.53. The zero-order chi connectivity index (χ0) is 12.2. The fourth-order valence-corrected chi connectivity index (χ4v) is 3.22. The molecule has 17 heavy (non-hydrogen) atoms. The molecule has 2 heteroatoms. The molecule has 1 aliphatic rings. The minimum Gasteiger partial charge on any atom is -0.348 e. The second-order valence-corrected chi connectivity index (χ2v) is 5.48. The van der Waals surface area contributed by atoms with E-state index in [1.807, 2.05) is 0 Å². The van der Waals surface area contributed by atoms with Crippen LogP contribution in [0.4, 0.5) is 0 Å². The molecule has 2 N–H and O–H groups in total. The molecule has 3 rings (SSSR count). The summed E-state index contributed by atoms with van der Waals surface area (Å²) in [5, 5.41) is 1.39. The van der Waals surface area contributed by atoms with Crippen molar-refractivity contribution in [3.63, 3.8) is 0 Å². The Morgan fingerprint density at radius 3 is 2.53 bits per heavy atom. The van der Waals surface area contributed by atoms with Gasteiger partial charge in [0.1, 0.15) is 0 Å². The summed E-state index contributed by atoms with van der Waals surface area (Å²) in [6.45, 7) is 4.37. The van der Waals surface area contributed by atoms with Crippen molar-refractivity contribution < 1.29 is 0 Å². The second kappa shape index (κ2) is 3.36. The molecular formula is C15H20N2. The van der Waals surface area contributed by atoms with Crippen LogP contribution in [0.1, 0.15) is 31.0 Å². The van der Waals surface area contributed by atoms with Gasteiger partial charge in [0.05, 0.1) is 0 Å². The lowest BCUT2D eigenvalue weighted by molar-refractivity contribution is 0.555. The Morgan fingerprint density at radius 2 is 1.94 bits per heavy atom. The van der Waals surface area contributed by atoms with E-state index < -0.39 is 0 Å². The van der Waals surface area contributed by atoms with E-state index in [1.165, 1.54) is 35.0 Å². The minimum absolute atomic E-state index is 0.241. The molecule has 0 aliphatic heterocycles. The van der Waals surface area contributed by atoms with E-state index in [2.05, 4.69) is 49.7 Å². The van der Waals surface area contributed by atoms with Crippen LogP contribution in [-0.4, -0.2) is 10.6 Å². The molecule has 1 unspecified atom stereocenters. The number of aryl methyl sites for hydroxylation is 1. The summed E-state index contributed by atoms with van der Waals surface area (Å²) in [6, 6.07) is 8.91. The molecule has 1 saturated carbocycles. The third-order valence-electron chi connectivity index (χ3n) is 4.56. The molecule has 0 bridgehead atoms. The molecule has 1 aromatic heterocycles. The van der Waals surface area contributed by atoms with Gasteiger partial charge in [0.25, 0.3) is 0 Å². The molecule has 1 atom stereocenters. The van der Waals surface area contributed by atoms with Crippen LogP contribution in [0.2, 0.25) is 0 Å². The first-order valence-electron chi connectivity index (χ1n) is 6.38. The predicted octanol–water partition coefficient (Wildman–Crippen LogP) is 2.87. The maximum Gasteiger partial charge on any atom is 0.0482 e. The second-order valence-electron chi connectivity index (χ2n) is 5.48. The molecule has 0 spiro atoms. The predicted molar refractivity (Wildman–Crippen MR) is 72.2 cm³/mol. The third kappa shape index (κ3) is 1.31. The maximum absolute atomic E-state index is 6.22. The Bertz CT molecular complexity index is 574. The van der Waals surface area contributed by atoms with Crippen LogP contribution in [0, 0.1) is 6.92 Å². The van der Waals surface area contributed by atoms with Crippen molar-refractivity contribution in [3.8, 4) is 0 Å². The van der Waals surface area contributed by atoms with Crippen molar-refractivity contribution in [1.82, 2.24) is 4.57 Å². The van der Waals surface area contributed by atoms with Gasteiger partial charge in [-0.25, -0.2) is 0 Å². The van der Waals surface area contributed by atoms with Gasteiger partial charge in [0.2, 0.25) is 0 Å². The van der Waals surface area contributed by atoms with Crippen LogP contribution >= 0.6 is 0 Å². The lowest BCUT2D eigenvalue weighted by atomic mass is 9.87. The summed E-state index contributed by atoms with van der Waals surface area (Å²) in [6.07, 6.45) is 2.47. The molecule has 2 nitrogen and oxygen atoms in total. The Kier molecular flexibility index (Phi) is 2.14. The van der Waals surface area contributed by atoms with Gasteiger partial charge in [-0.3, -0.25) is 0 Å². The third-order valence-corrected chi connectivity index (χ3v) is 4.56. The zero-order valence-electron chi connectivity index (χ0n) is 10.8. The largest absolute Gasteiger partial charge is 0.348 e. The molecule has 0 amide bonds. The summed E-state index contributed by atoms with van der Waals surface area (Å²) < 4.78 is 2.30. The fourth-order valence-electron chi connectivity index (χ4n) is 3.22. The Balaban J connectivity index is 2.33. The number of hydrogen-bond donors (Lipinski definition) is 1. The Hall–Kier alpha value is -1.28. The molecule has 90 valence electrons. The van der Waals surface area contributed by atoms with Crippen molar-refractivity contribution in [1.29, 1.82) is 0 Å². The number of rotatable bonds is 2. The van der Waals surface area contributed by atoms with Gasteiger partial charge in [0.15, 0.2) is 0 Å². The summed E-state index contributed by atoms with van der Waals surface area (Å²) in [5.41, 5.74) is 10.7. The van der Waals surface area contributed by atoms with E-state index in [9.17, 15) is 0 Å². The molecule has 1 aliphatic carbocycles. The zero-order valence-corrected chi connectivity index (χ0v) is 10.8. The number of hydrogen-bond acceptors (Lipinski definition) is 1. The van der Waals surface area contributed by atoms with Gasteiger partial charge in [0, 0.05) is 35.1 Å². The number of nitrogens with zero attached hydrogens (tertiary/aromatic N) is 1. The van der Waals surface area contributed by atoms with Crippen LogP contribution in [0.15, 0.2) is 24.3 Å². The summed E-state index contributed by atoms with van der Waals surface area (Å²) in [5.74, 6) is 0. The normalized spacial score (nSPS) is 19.5. The van der Waals surface area contributed by atoms with Crippen LogP contribution in [-0.2, 0) is 12.5 Å². The molecular weight excluding hydrogens is 208 g/mol. The van der Waals surface area contributed by atoms with E-state index in [1.54, 1.807) is 0 Å². The fraction of sp³-hybridized carbons (Fsp3) is 0.467. The molecule has 0 radical (unpaired) electrons. The SMILES string of the molecule is Cc1c(C2(C(C)N)CC2)c2ccccc2n1C. The Labute approximate surface area is 102 Å². The van der Waals surface area contributed by atoms with Crippen LogP contribution < -0.4 is 5.73 Å². The Morgan fingerprint density at radius 1 is 1.29 bits per heavy atom.